The third-order valence-electron chi connectivity index (χ3n) is 3.67. The van der Waals surface area contributed by atoms with E-state index in [2.05, 4.69) is 32.4 Å². The van der Waals surface area contributed by atoms with Crippen LogP contribution in [0.3, 0.4) is 0 Å². The van der Waals surface area contributed by atoms with E-state index in [1.807, 2.05) is 6.07 Å². The van der Waals surface area contributed by atoms with Crippen molar-refractivity contribution in [2.75, 3.05) is 25.6 Å². The minimum atomic E-state index is 0.690. The Balaban J connectivity index is 1.66. The number of hydrogen-bond acceptors (Lipinski definition) is 5. The number of rotatable bonds is 2. The Kier molecular flexibility index (Phi) is 2.49. The first kappa shape index (κ1) is 9.99. The van der Waals surface area contributed by atoms with Gasteiger partial charge in [0.05, 0.1) is 0 Å². The maximum Gasteiger partial charge on any atom is 0.237 e. The molecular formula is C11H17N5. The minimum absolute atomic E-state index is 0.690. The second-order valence-electron chi connectivity index (χ2n) is 4.64. The lowest BCUT2D eigenvalue weighted by molar-refractivity contribution is 0.106. The molecule has 3 rings (SSSR count). The minimum Gasteiger partial charge on any atom is -0.298 e. The molecule has 0 aliphatic carbocycles. The number of aromatic nitrogens is 2. The molecule has 2 aliphatic rings. The van der Waals surface area contributed by atoms with Gasteiger partial charge in [0.2, 0.25) is 5.95 Å². The van der Waals surface area contributed by atoms with Crippen LogP contribution in [0.1, 0.15) is 12.8 Å². The highest BCUT2D eigenvalue weighted by Crippen LogP contribution is 2.27. The third kappa shape index (κ3) is 1.76. The fourth-order valence-electron chi connectivity index (χ4n) is 2.70. The van der Waals surface area contributed by atoms with Gasteiger partial charge < -0.3 is 0 Å². The maximum absolute atomic E-state index is 4.18. The number of piperazine rings is 1. The molecule has 0 amide bonds. The van der Waals surface area contributed by atoms with Crippen LogP contribution in [0.2, 0.25) is 0 Å². The maximum atomic E-state index is 4.18. The quantitative estimate of drug-likeness (QED) is 0.788. The molecular weight excluding hydrogens is 202 g/mol. The molecule has 5 heteroatoms. The molecule has 2 unspecified atom stereocenters. The van der Waals surface area contributed by atoms with E-state index in [4.69, 9.17) is 0 Å². The summed E-state index contributed by atoms with van der Waals surface area (Å²) in [7, 11) is 2.23. The summed E-state index contributed by atoms with van der Waals surface area (Å²) in [5.74, 6) is 0.700. The van der Waals surface area contributed by atoms with Gasteiger partial charge in [-0.15, -0.1) is 0 Å². The number of anilines is 1. The lowest BCUT2D eigenvalue weighted by atomic mass is 10.2. The van der Waals surface area contributed by atoms with E-state index < -0.39 is 0 Å². The monoisotopic (exact) mass is 219 g/mol. The molecule has 16 heavy (non-hydrogen) atoms. The van der Waals surface area contributed by atoms with Crippen LogP contribution in [0.4, 0.5) is 5.95 Å². The van der Waals surface area contributed by atoms with Gasteiger partial charge in [0.15, 0.2) is 0 Å². The molecule has 1 N–H and O–H groups in total. The van der Waals surface area contributed by atoms with E-state index in [1.54, 1.807) is 12.4 Å². The lowest BCUT2D eigenvalue weighted by Crippen LogP contribution is -2.53. The van der Waals surface area contributed by atoms with Crippen LogP contribution in [0.25, 0.3) is 0 Å². The van der Waals surface area contributed by atoms with Gasteiger partial charge in [0.1, 0.15) is 0 Å². The fraction of sp³-hybridized carbons (Fsp3) is 0.636. The molecule has 2 bridgehead atoms. The van der Waals surface area contributed by atoms with Crippen LogP contribution in [0.15, 0.2) is 18.5 Å². The summed E-state index contributed by atoms with van der Waals surface area (Å²) in [6.07, 6.45) is 6.16. The Hall–Kier alpha value is -1.20. The highest BCUT2D eigenvalue weighted by molar-refractivity contribution is 5.21. The van der Waals surface area contributed by atoms with Crippen molar-refractivity contribution in [1.29, 1.82) is 0 Å². The SMILES string of the molecule is CN1C2CCC1CN(Nc1ncccn1)C2. The Labute approximate surface area is 95.5 Å². The summed E-state index contributed by atoms with van der Waals surface area (Å²) >= 11 is 0. The van der Waals surface area contributed by atoms with E-state index in [0.717, 1.165) is 13.1 Å². The fourth-order valence-corrected chi connectivity index (χ4v) is 2.70. The summed E-state index contributed by atoms with van der Waals surface area (Å²) in [5, 5.41) is 2.25. The van der Waals surface area contributed by atoms with Crippen molar-refractivity contribution in [3.63, 3.8) is 0 Å². The molecule has 0 aromatic carbocycles. The topological polar surface area (TPSA) is 44.3 Å². The summed E-state index contributed by atoms with van der Waals surface area (Å²) in [4.78, 5) is 10.9. The van der Waals surface area contributed by atoms with Crippen molar-refractivity contribution in [2.45, 2.75) is 24.9 Å². The van der Waals surface area contributed by atoms with Gasteiger partial charge >= 0.3 is 0 Å². The lowest BCUT2D eigenvalue weighted by Gasteiger charge is -2.38. The summed E-state index contributed by atoms with van der Waals surface area (Å²) in [5.41, 5.74) is 3.29. The molecule has 0 spiro atoms. The Morgan fingerprint density at radius 3 is 2.44 bits per heavy atom. The standard InChI is InChI=1S/C11H17N5/c1-15-9-3-4-10(15)8-16(7-9)14-11-12-5-2-6-13-11/h2,5-6,9-10H,3-4,7-8H2,1H3,(H,12,13,14). The highest BCUT2D eigenvalue weighted by atomic mass is 15.6. The predicted octanol–water partition coefficient (Wildman–Crippen LogP) is 0.582. The molecule has 3 heterocycles. The van der Waals surface area contributed by atoms with Gasteiger partial charge in [-0.25, -0.2) is 15.0 Å². The highest BCUT2D eigenvalue weighted by Gasteiger charge is 2.37. The molecule has 86 valence electrons. The van der Waals surface area contributed by atoms with E-state index in [9.17, 15) is 0 Å². The molecule has 5 nitrogen and oxygen atoms in total. The van der Waals surface area contributed by atoms with E-state index in [-0.39, 0.29) is 0 Å². The van der Waals surface area contributed by atoms with Crippen LogP contribution < -0.4 is 5.43 Å². The second kappa shape index (κ2) is 3.99. The van der Waals surface area contributed by atoms with Gasteiger partial charge in [-0.2, -0.15) is 0 Å². The first-order valence-corrected chi connectivity index (χ1v) is 5.83. The van der Waals surface area contributed by atoms with Gasteiger partial charge in [-0.05, 0) is 26.0 Å². The second-order valence-corrected chi connectivity index (χ2v) is 4.64. The Bertz CT molecular complexity index is 341. The molecule has 0 saturated carbocycles. The number of fused-ring (bicyclic) bond motifs is 2. The Morgan fingerprint density at radius 1 is 1.19 bits per heavy atom. The Morgan fingerprint density at radius 2 is 1.81 bits per heavy atom. The van der Waals surface area contributed by atoms with Crippen molar-refractivity contribution >= 4 is 5.95 Å². The van der Waals surface area contributed by atoms with Gasteiger partial charge in [-0.3, -0.25) is 10.3 Å². The van der Waals surface area contributed by atoms with Crippen molar-refractivity contribution in [3.8, 4) is 0 Å². The number of nitrogens with zero attached hydrogens (tertiary/aromatic N) is 4. The summed E-state index contributed by atoms with van der Waals surface area (Å²) in [6.45, 7) is 2.12. The van der Waals surface area contributed by atoms with Crippen molar-refractivity contribution in [1.82, 2.24) is 19.9 Å². The van der Waals surface area contributed by atoms with Crippen LogP contribution in [-0.2, 0) is 0 Å². The van der Waals surface area contributed by atoms with Crippen molar-refractivity contribution < 1.29 is 0 Å². The van der Waals surface area contributed by atoms with E-state index in [1.165, 1.54) is 12.8 Å². The molecule has 2 fully saturated rings. The van der Waals surface area contributed by atoms with Crippen molar-refractivity contribution in [2.24, 2.45) is 0 Å². The van der Waals surface area contributed by atoms with Crippen LogP contribution >= 0.6 is 0 Å². The van der Waals surface area contributed by atoms with Gasteiger partial charge in [-0.1, -0.05) is 0 Å². The number of nitrogens with one attached hydrogen (secondary N) is 1. The van der Waals surface area contributed by atoms with E-state index in [0.29, 0.717) is 18.0 Å². The number of hydrogen-bond donors (Lipinski definition) is 1. The number of likely N-dealkylation sites (N-methyl/N-ethyl adjacent to an activating group) is 1. The first-order chi connectivity index (χ1) is 7.83. The van der Waals surface area contributed by atoms with E-state index >= 15 is 0 Å². The molecule has 0 radical (unpaired) electrons. The average molecular weight is 219 g/mol. The van der Waals surface area contributed by atoms with Crippen LogP contribution in [0.5, 0.6) is 0 Å². The molecule has 1 aromatic rings. The van der Waals surface area contributed by atoms with Gasteiger partial charge in [0.25, 0.3) is 0 Å². The predicted molar refractivity (Wildman–Crippen MR) is 61.8 cm³/mol. The van der Waals surface area contributed by atoms with Gasteiger partial charge in [0, 0.05) is 37.6 Å². The van der Waals surface area contributed by atoms with Crippen molar-refractivity contribution in [3.05, 3.63) is 18.5 Å². The molecule has 2 atom stereocenters. The molecule has 2 aliphatic heterocycles. The number of hydrazine groups is 1. The zero-order chi connectivity index (χ0) is 11.0. The smallest absolute Gasteiger partial charge is 0.237 e. The van der Waals surface area contributed by atoms with Crippen LogP contribution in [-0.4, -0.2) is 52.1 Å². The third-order valence-corrected chi connectivity index (χ3v) is 3.67. The summed E-state index contributed by atoms with van der Waals surface area (Å²) in [6, 6.07) is 3.21. The zero-order valence-electron chi connectivity index (χ0n) is 9.50. The largest absolute Gasteiger partial charge is 0.298 e. The molecule has 1 aromatic heterocycles. The normalized spacial score (nSPS) is 30.6. The average Bonchev–Trinajstić information content (AvgIpc) is 2.54. The summed E-state index contributed by atoms with van der Waals surface area (Å²) < 4.78 is 0. The first-order valence-electron chi connectivity index (χ1n) is 5.83. The zero-order valence-corrected chi connectivity index (χ0v) is 9.50. The van der Waals surface area contributed by atoms with Crippen LogP contribution in [0, 0.1) is 0 Å². The molecule has 2 saturated heterocycles.